The minimum Gasteiger partial charge on any atom is -0.479 e. The number of para-hydroxylation sites is 1. The Morgan fingerprint density at radius 1 is 1.43 bits per heavy atom. The van der Waals surface area contributed by atoms with Gasteiger partial charge in [0.15, 0.2) is 6.10 Å². The molecule has 3 N–H and O–H groups in total. The second kappa shape index (κ2) is 8.87. The number of hydrogen-bond acceptors (Lipinski definition) is 4. The van der Waals surface area contributed by atoms with Crippen molar-refractivity contribution in [3.05, 3.63) is 28.8 Å². The van der Waals surface area contributed by atoms with Gasteiger partial charge >= 0.3 is 0 Å². The minimum atomic E-state index is -0.645. The number of rotatable bonds is 8. The van der Waals surface area contributed by atoms with Gasteiger partial charge < -0.3 is 20.5 Å². The minimum absolute atomic E-state index is 0.0170. The van der Waals surface area contributed by atoms with Gasteiger partial charge in [-0.25, -0.2) is 0 Å². The highest BCUT2D eigenvalue weighted by atomic mass is 35.5. The summed E-state index contributed by atoms with van der Waals surface area (Å²) in [4.78, 5) is 11.9. The molecular weight excluding hydrogens is 292 g/mol. The zero-order chi connectivity index (χ0) is 15.8. The number of carbonyl (C=O) groups is 1. The number of amides is 1. The number of nitrogens with two attached hydrogens (primary N) is 1. The first-order chi connectivity index (χ1) is 9.95. The molecule has 0 heterocycles. The second-order valence-electron chi connectivity index (χ2n) is 4.95. The zero-order valence-corrected chi connectivity index (χ0v) is 13.4. The van der Waals surface area contributed by atoms with Crippen molar-refractivity contribution in [2.45, 2.75) is 32.4 Å². The molecule has 1 rings (SSSR count). The maximum atomic E-state index is 11.9. The van der Waals surface area contributed by atoms with E-state index in [1.807, 2.05) is 19.1 Å². The average molecular weight is 315 g/mol. The molecule has 0 aliphatic rings. The smallest absolute Gasteiger partial charge is 0.260 e. The third kappa shape index (κ3) is 5.91. The highest BCUT2D eigenvalue weighted by Gasteiger charge is 2.18. The largest absolute Gasteiger partial charge is 0.479 e. The van der Waals surface area contributed by atoms with Crippen molar-refractivity contribution in [3.8, 4) is 5.75 Å². The van der Waals surface area contributed by atoms with E-state index >= 15 is 0 Å². The van der Waals surface area contributed by atoms with E-state index in [4.69, 9.17) is 26.8 Å². The maximum Gasteiger partial charge on any atom is 0.260 e. The predicted molar refractivity (Wildman–Crippen MR) is 83.8 cm³/mol. The Morgan fingerprint density at radius 3 is 2.76 bits per heavy atom. The van der Waals surface area contributed by atoms with Crippen LogP contribution in [0.25, 0.3) is 0 Å². The molecule has 6 heteroatoms. The summed E-state index contributed by atoms with van der Waals surface area (Å²) < 4.78 is 10.6. The lowest BCUT2D eigenvalue weighted by atomic mass is 10.1. The topological polar surface area (TPSA) is 73.6 Å². The summed E-state index contributed by atoms with van der Waals surface area (Å²) in [6.45, 7) is 4.49. The summed E-state index contributed by atoms with van der Waals surface area (Å²) in [5.41, 5.74) is 6.72. The van der Waals surface area contributed by atoms with Gasteiger partial charge in [-0.05, 0) is 31.9 Å². The molecule has 0 saturated heterocycles. The van der Waals surface area contributed by atoms with E-state index in [1.165, 1.54) is 0 Å². The molecule has 1 aromatic rings. The molecule has 0 radical (unpaired) electrons. The van der Waals surface area contributed by atoms with Crippen molar-refractivity contribution in [3.63, 3.8) is 0 Å². The van der Waals surface area contributed by atoms with Crippen LogP contribution in [0.4, 0.5) is 0 Å². The van der Waals surface area contributed by atoms with Crippen molar-refractivity contribution in [2.24, 2.45) is 5.73 Å². The molecule has 0 saturated carbocycles. The van der Waals surface area contributed by atoms with Gasteiger partial charge in [0.2, 0.25) is 0 Å². The number of benzene rings is 1. The monoisotopic (exact) mass is 314 g/mol. The van der Waals surface area contributed by atoms with Crippen molar-refractivity contribution < 1.29 is 14.3 Å². The van der Waals surface area contributed by atoms with Gasteiger partial charge in [-0.2, -0.15) is 0 Å². The Labute approximate surface area is 130 Å². The first-order valence-corrected chi connectivity index (χ1v) is 7.29. The van der Waals surface area contributed by atoms with Gasteiger partial charge in [0.25, 0.3) is 5.91 Å². The summed E-state index contributed by atoms with van der Waals surface area (Å²) in [7, 11) is 1.58. The van der Waals surface area contributed by atoms with E-state index in [0.29, 0.717) is 30.3 Å². The Morgan fingerprint density at radius 2 is 2.14 bits per heavy atom. The molecular formula is C15H23ClN2O3. The first-order valence-electron chi connectivity index (χ1n) is 6.92. The first kappa shape index (κ1) is 17.8. The molecule has 0 aliphatic heterocycles. The summed E-state index contributed by atoms with van der Waals surface area (Å²) >= 11 is 6.17. The fraction of sp³-hybridized carbons (Fsp3) is 0.533. The number of carbonyl (C=O) groups excluding carboxylic acids is 1. The van der Waals surface area contributed by atoms with E-state index in [0.717, 1.165) is 5.56 Å². The number of methoxy groups -OCH3 is 1. The molecule has 118 valence electrons. The van der Waals surface area contributed by atoms with Crippen LogP contribution in [0.3, 0.4) is 0 Å². The molecule has 0 aliphatic carbocycles. The Bertz CT molecular complexity index is 466. The molecule has 0 fully saturated rings. The van der Waals surface area contributed by atoms with Gasteiger partial charge in [-0.15, -0.1) is 0 Å². The Hall–Kier alpha value is -1.30. The molecule has 0 bridgehead atoms. The lowest BCUT2D eigenvalue weighted by Crippen LogP contribution is -2.38. The van der Waals surface area contributed by atoms with Crippen molar-refractivity contribution >= 4 is 17.5 Å². The van der Waals surface area contributed by atoms with Crippen LogP contribution in [0.2, 0.25) is 5.02 Å². The van der Waals surface area contributed by atoms with E-state index < -0.39 is 6.10 Å². The molecule has 0 aromatic heterocycles. The van der Waals surface area contributed by atoms with Crippen LogP contribution in [0, 0.1) is 0 Å². The summed E-state index contributed by atoms with van der Waals surface area (Å²) in [5, 5.41) is 3.20. The predicted octanol–water partition coefficient (Wildman–Crippen LogP) is 1.76. The highest BCUT2D eigenvalue weighted by molar-refractivity contribution is 6.32. The van der Waals surface area contributed by atoms with Crippen LogP contribution in [0.15, 0.2) is 18.2 Å². The molecule has 1 aromatic carbocycles. The van der Waals surface area contributed by atoms with Gasteiger partial charge in [0.05, 0.1) is 11.6 Å². The van der Waals surface area contributed by atoms with Gasteiger partial charge in [-0.3, -0.25) is 4.79 Å². The van der Waals surface area contributed by atoms with Crippen molar-refractivity contribution in [1.29, 1.82) is 0 Å². The highest BCUT2D eigenvalue weighted by Crippen LogP contribution is 2.30. The molecule has 0 spiro atoms. The van der Waals surface area contributed by atoms with Crippen LogP contribution < -0.4 is 15.8 Å². The van der Waals surface area contributed by atoms with Crippen molar-refractivity contribution in [1.82, 2.24) is 5.32 Å². The van der Waals surface area contributed by atoms with E-state index in [2.05, 4.69) is 5.32 Å². The number of nitrogens with one attached hydrogen (secondary N) is 1. The van der Waals surface area contributed by atoms with E-state index in [-0.39, 0.29) is 11.9 Å². The van der Waals surface area contributed by atoms with Crippen LogP contribution in [-0.2, 0) is 16.0 Å². The third-order valence-electron chi connectivity index (χ3n) is 2.86. The van der Waals surface area contributed by atoms with Crippen LogP contribution >= 0.6 is 11.6 Å². The quantitative estimate of drug-likeness (QED) is 0.717. The third-order valence-corrected chi connectivity index (χ3v) is 3.16. The summed E-state index contributed by atoms with van der Waals surface area (Å²) in [5.74, 6) is 0.310. The number of hydrogen-bond donors (Lipinski definition) is 2. The van der Waals surface area contributed by atoms with Crippen LogP contribution in [-0.4, -0.2) is 38.3 Å². The molecule has 21 heavy (non-hydrogen) atoms. The fourth-order valence-electron chi connectivity index (χ4n) is 1.84. The SMILES string of the molecule is COCCNC(=O)C(C)Oc1c(Cl)cccc1CC(C)N. The Balaban J connectivity index is 2.74. The summed E-state index contributed by atoms with van der Waals surface area (Å²) in [6.07, 6.45) is -0.0120. The molecule has 1 amide bonds. The summed E-state index contributed by atoms with van der Waals surface area (Å²) in [6, 6.07) is 5.46. The number of ether oxygens (including phenoxy) is 2. The van der Waals surface area contributed by atoms with Gasteiger partial charge in [-0.1, -0.05) is 23.7 Å². The average Bonchev–Trinajstić information content (AvgIpc) is 2.42. The van der Waals surface area contributed by atoms with Gasteiger partial charge in [0, 0.05) is 19.7 Å². The Kier molecular flexibility index (Phi) is 7.50. The van der Waals surface area contributed by atoms with Gasteiger partial charge in [0.1, 0.15) is 5.75 Å². The maximum absolute atomic E-state index is 11.9. The second-order valence-corrected chi connectivity index (χ2v) is 5.36. The van der Waals surface area contributed by atoms with Crippen LogP contribution in [0.1, 0.15) is 19.4 Å². The molecule has 2 atom stereocenters. The fourth-order valence-corrected chi connectivity index (χ4v) is 2.08. The van der Waals surface area contributed by atoms with E-state index in [9.17, 15) is 4.79 Å². The number of halogens is 1. The standard InChI is InChI=1S/C15H23ClN2O3/c1-10(17)9-12-5-4-6-13(16)14(12)21-11(2)15(19)18-7-8-20-3/h4-6,10-11H,7-9,17H2,1-3H3,(H,18,19). The van der Waals surface area contributed by atoms with E-state index in [1.54, 1.807) is 20.1 Å². The normalized spacial score (nSPS) is 13.6. The lowest BCUT2D eigenvalue weighted by Gasteiger charge is -2.19. The van der Waals surface area contributed by atoms with Crippen molar-refractivity contribution in [2.75, 3.05) is 20.3 Å². The zero-order valence-electron chi connectivity index (χ0n) is 12.7. The lowest BCUT2D eigenvalue weighted by molar-refractivity contribution is -0.127. The van der Waals surface area contributed by atoms with Crippen LogP contribution in [0.5, 0.6) is 5.75 Å². The molecule has 2 unspecified atom stereocenters. The molecule has 5 nitrogen and oxygen atoms in total.